The topological polar surface area (TPSA) is 70.9 Å². The molecule has 1 amide bonds. The number of fused-ring (bicyclic) bond motifs is 1. The van der Waals surface area contributed by atoms with Gasteiger partial charge in [0.25, 0.3) is 5.91 Å². The van der Waals surface area contributed by atoms with Crippen molar-refractivity contribution >= 4 is 28.4 Å². The molecule has 6 heteroatoms. The van der Waals surface area contributed by atoms with Gasteiger partial charge in [0.05, 0.1) is 5.38 Å². The van der Waals surface area contributed by atoms with Crippen LogP contribution in [0.25, 0.3) is 22.0 Å². The maximum atomic E-state index is 13.1. The van der Waals surface area contributed by atoms with Gasteiger partial charge in [-0.3, -0.25) is 4.79 Å². The summed E-state index contributed by atoms with van der Waals surface area (Å²) in [7, 11) is 0. The number of H-pyrrole nitrogens is 1. The van der Waals surface area contributed by atoms with Crippen molar-refractivity contribution in [3.8, 4) is 11.1 Å². The highest BCUT2D eigenvalue weighted by atomic mass is 35.5. The molecule has 0 aliphatic carbocycles. The van der Waals surface area contributed by atoms with Crippen LogP contribution in [0.2, 0.25) is 0 Å². The summed E-state index contributed by atoms with van der Waals surface area (Å²) >= 11 is 6.16. The number of alkyl halides is 1. The number of aromatic amines is 1. The SMILES string of the molecule is NCCC[C@@H](Cl)CNC(=O)c1cc2ccc(-c3ccc(F)cc3)cc2[nH]1. The quantitative estimate of drug-likeness (QED) is 0.547. The first-order valence-corrected chi connectivity index (χ1v) is 9.01. The van der Waals surface area contributed by atoms with Gasteiger partial charge in [-0.1, -0.05) is 24.3 Å². The van der Waals surface area contributed by atoms with Crippen molar-refractivity contribution in [1.29, 1.82) is 0 Å². The second-order valence-electron chi connectivity index (χ2n) is 6.23. The van der Waals surface area contributed by atoms with E-state index in [4.69, 9.17) is 17.3 Å². The molecule has 0 fully saturated rings. The highest BCUT2D eigenvalue weighted by Crippen LogP contribution is 2.25. The van der Waals surface area contributed by atoms with E-state index in [1.807, 2.05) is 24.3 Å². The molecule has 1 aromatic heterocycles. The Morgan fingerprint density at radius 3 is 2.62 bits per heavy atom. The normalized spacial score (nSPS) is 12.3. The minimum Gasteiger partial charge on any atom is -0.351 e. The molecule has 3 aromatic rings. The van der Waals surface area contributed by atoms with E-state index in [1.54, 1.807) is 12.1 Å². The lowest BCUT2D eigenvalue weighted by Gasteiger charge is -2.09. The maximum absolute atomic E-state index is 13.1. The van der Waals surface area contributed by atoms with Gasteiger partial charge in [0.15, 0.2) is 0 Å². The molecule has 26 heavy (non-hydrogen) atoms. The first-order valence-electron chi connectivity index (χ1n) is 8.58. The van der Waals surface area contributed by atoms with Crippen molar-refractivity contribution in [2.45, 2.75) is 18.2 Å². The predicted molar refractivity (Wildman–Crippen MR) is 104 cm³/mol. The first kappa shape index (κ1) is 18.4. The highest BCUT2D eigenvalue weighted by molar-refractivity contribution is 6.21. The van der Waals surface area contributed by atoms with E-state index in [1.165, 1.54) is 12.1 Å². The lowest BCUT2D eigenvalue weighted by atomic mass is 10.0. The van der Waals surface area contributed by atoms with Crippen LogP contribution in [0.3, 0.4) is 0 Å². The molecule has 4 N–H and O–H groups in total. The maximum Gasteiger partial charge on any atom is 0.267 e. The summed E-state index contributed by atoms with van der Waals surface area (Å²) in [4.78, 5) is 15.5. The van der Waals surface area contributed by atoms with Gasteiger partial charge in [0.2, 0.25) is 0 Å². The number of halogens is 2. The third-order valence-electron chi connectivity index (χ3n) is 4.25. The van der Waals surface area contributed by atoms with E-state index in [9.17, 15) is 9.18 Å². The molecule has 0 radical (unpaired) electrons. The average Bonchev–Trinajstić information content (AvgIpc) is 3.08. The number of nitrogens with two attached hydrogens (primary N) is 1. The van der Waals surface area contributed by atoms with Crippen LogP contribution in [0.15, 0.2) is 48.5 Å². The Kier molecular flexibility index (Phi) is 5.91. The van der Waals surface area contributed by atoms with Gasteiger partial charge in [-0.25, -0.2) is 4.39 Å². The van der Waals surface area contributed by atoms with Crippen LogP contribution < -0.4 is 11.1 Å². The molecule has 1 heterocycles. The van der Waals surface area contributed by atoms with Gasteiger partial charge in [-0.05, 0) is 54.8 Å². The van der Waals surface area contributed by atoms with Gasteiger partial charge in [-0.15, -0.1) is 11.6 Å². The number of rotatable bonds is 7. The number of benzene rings is 2. The van der Waals surface area contributed by atoms with E-state index in [0.29, 0.717) is 18.8 Å². The molecule has 0 spiro atoms. The van der Waals surface area contributed by atoms with Crippen LogP contribution in [0.4, 0.5) is 4.39 Å². The van der Waals surface area contributed by atoms with Crippen LogP contribution in [-0.4, -0.2) is 29.4 Å². The zero-order valence-corrected chi connectivity index (χ0v) is 15.0. The second kappa shape index (κ2) is 8.34. The van der Waals surface area contributed by atoms with Crippen LogP contribution in [0, 0.1) is 5.82 Å². The average molecular weight is 374 g/mol. The Balaban J connectivity index is 1.72. The summed E-state index contributed by atoms with van der Waals surface area (Å²) in [5.41, 5.74) is 8.66. The van der Waals surface area contributed by atoms with Crippen molar-refractivity contribution in [2.24, 2.45) is 5.73 Å². The minimum absolute atomic E-state index is 0.128. The first-order chi connectivity index (χ1) is 12.6. The molecule has 0 aliphatic rings. The number of hydrogen-bond acceptors (Lipinski definition) is 2. The third-order valence-corrected chi connectivity index (χ3v) is 4.62. The van der Waals surface area contributed by atoms with E-state index in [-0.39, 0.29) is 17.1 Å². The predicted octanol–water partition coefficient (Wildman–Crippen LogP) is 4.05. The lowest BCUT2D eigenvalue weighted by Crippen LogP contribution is -2.30. The molecule has 0 aliphatic heterocycles. The van der Waals surface area contributed by atoms with E-state index < -0.39 is 0 Å². The van der Waals surface area contributed by atoms with Crippen LogP contribution in [0.5, 0.6) is 0 Å². The molecular weight excluding hydrogens is 353 g/mol. The van der Waals surface area contributed by atoms with Gasteiger partial charge in [0, 0.05) is 17.4 Å². The number of hydrogen-bond donors (Lipinski definition) is 3. The van der Waals surface area contributed by atoms with Crippen molar-refractivity contribution in [3.05, 3.63) is 60.0 Å². The minimum atomic E-state index is -0.266. The Hall–Kier alpha value is -2.37. The third kappa shape index (κ3) is 4.42. The van der Waals surface area contributed by atoms with E-state index >= 15 is 0 Å². The second-order valence-corrected chi connectivity index (χ2v) is 6.85. The Morgan fingerprint density at radius 2 is 1.88 bits per heavy atom. The Morgan fingerprint density at radius 1 is 1.15 bits per heavy atom. The van der Waals surface area contributed by atoms with Crippen molar-refractivity contribution in [1.82, 2.24) is 10.3 Å². The summed E-state index contributed by atoms with van der Waals surface area (Å²) in [6.07, 6.45) is 1.61. The highest BCUT2D eigenvalue weighted by Gasteiger charge is 2.12. The van der Waals surface area contributed by atoms with Crippen molar-refractivity contribution < 1.29 is 9.18 Å². The lowest BCUT2D eigenvalue weighted by molar-refractivity contribution is 0.0949. The molecule has 4 nitrogen and oxygen atoms in total. The number of nitrogens with one attached hydrogen (secondary N) is 2. The zero-order chi connectivity index (χ0) is 18.5. The summed E-state index contributed by atoms with van der Waals surface area (Å²) in [5, 5.41) is 3.65. The molecule has 3 rings (SSSR count). The van der Waals surface area contributed by atoms with Crippen molar-refractivity contribution in [3.63, 3.8) is 0 Å². The summed E-state index contributed by atoms with van der Waals surface area (Å²) in [6.45, 7) is 0.992. The smallest absolute Gasteiger partial charge is 0.267 e. The van der Waals surface area contributed by atoms with Crippen LogP contribution in [0.1, 0.15) is 23.3 Å². The number of carbonyl (C=O) groups is 1. The molecule has 0 saturated carbocycles. The fourth-order valence-electron chi connectivity index (χ4n) is 2.81. The fraction of sp³-hybridized carbons (Fsp3) is 0.250. The van der Waals surface area contributed by atoms with Gasteiger partial charge in [0.1, 0.15) is 11.5 Å². The number of aromatic nitrogens is 1. The van der Waals surface area contributed by atoms with Gasteiger partial charge >= 0.3 is 0 Å². The van der Waals surface area contributed by atoms with Crippen LogP contribution in [-0.2, 0) is 0 Å². The molecule has 0 saturated heterocycles. The molecule has 2 aromatic carbocycles. The molecule has 136 valence electrons. The van der Waals surface area contributed by atoms with Gasteiger partial charge < -0.3 is 16.0 Å². The molecule has 0 unspecified atom stereocenters. The molecule has 0 bridgehead atoms. The summed E-state index contributed by atoms with van der Waals surface area (Å²) in [6, 6.07) is 14.0. The standard InChI is InChI=1S/C20H21ClFN3O/c21-16(2-1-9-23)12-24-20(26)19-11-15-4-3-14(10-18(15)25-19)13-5-7-17(22)8-6-13/h3-8,10-11,16,25H,1-2,9,12,23H2,(H,24,26)/t16-/m1/s1. The molecule has 1 atom stereocenters. The largest absolute Gasteiger partial charge is 0.351 e. The monoisotopic (exact) mass is 373 g/mol. The van der Waals surface area contributed by atoms with Crippen molar-refractivity contribution in [2.75, 3.05) is 13.1 Å². The number of amides is 1. The Bertz CT molecular complexity index is 892. The van der Waals surface area contributed by atoms with E-state index in [0.717, 1.165) is 34.9 Å². The van der Waals surface area contributed by atoms with Gasteiger partial charge in [-0.2, -0.15) is 0 Å². The summed E-state index contributed by atoms with van der Waals surface area (Å²) < 4.78 is 13.1. The number of carbonyl (C=O) groups excluding carboxylic acids is 1. The fourth-order valence-corrected chi connectivity index (χ4v) is 3.04. The Labute approximate surface area is 156 Å². The van der Waals surface area contributed by atoms with E-state index in [2.05, 4.69) is 10.3 Å². The summed E-state index contributed by atoms with van der Waals surface area (Å²) in [5.74, 6) is -0.458. The molecular formula is C20H21ClFN3O. The zero-order valence-electron chi connectivity index (χ0n) is 14.3. The van der Waals surface area contributed by atoms with Crippen LogP contribution >= 0.6 is 11.6 Å².